The standard InChI is InChI=1S/C17H16F2N2O2.C14H10N2O3.C5H7NO2/c1-3-8-21-11(2)4-7-15(16(21)17(22)23)20-10-12-9-13(18)5-6-14(12)19;17-14(18)12-9-15-13-8-11(6-7-16(12)13)19-10-4-2-1-3-5-10;1-4(3-6-2)5(7)8/h3-9,20H,2,10H2,1H3,(H,22,23);1-9H,(H,17,18);3H,2H2,1H3,(H,7,8)/b8-3-;;4-3+. The molecule has 0 aliphatic carbocycles. The number of hydrogen-bond donors (Lipinski definition) is 4. The largest absolute Gasteiger partial charge is 0.478 e. The summed E-state index contributed by atoms with van der Waals surface area (Å²) in [4.78, 5) is 41.2. The summed E-state index contributed by atoms with van der Waals surface area (Å²) in [5.41, 5.74) is 1.70. The molecular formula is C36H33F2N5O7. The van der Waals surface area contributed by atoms with Gasteiger partial charge in [0.15, 0.2) is 11.4 Å². The number of fused-ring (bicyclic) bond motifs is 1. The van der Waals surface area contributed by atoms with Crippen molar-refractivity contribution in [1.29, 1.82) is 0 Å². The van der Waals surface area contributed by atoms with E-state index in [-0.39, 0.29) is 34.8 Å². The second-order valence-electron chi connectivity index (χ2n) is 10.1. The van der Waals surface area contributed by atoms with Gasteiger partial charge in [0.1, 0.15) is 28.8 Å². The van der Waals surface area contributed by atoms with Gasteiger partial charge in [-0.25, -0.2) is 28.1 Å². The number of nitrogens with zero attached hydrogens (tertiary/aromatic N) is 4. The summed E-state index contributed by atoms with van der Waals surface area (Å²) in [6.07, 6.45) is 10.6. The Kier molecular flexibility index (Phi) is 13.5. The fraction of sp³-hybridized carbons (Fsp3) is 0.0833. The molecule has 0 spiro atoms. The number of aromatic carboxylic acids is 1. The molecule has 12 nitrogen and oxygen atoms in total. The van der Waals surface area contributed by atoms with Gasteiger partial charge in [-0.15, -0.1) is 0 Å². The molecule has 0 atom stereocenters. The van der Waals surface area contributed by atoms with Crippen molar-refractivity contribution >= 4 is 30.3 Å². The smallest absolute Gasteiger partial charge is 0.355 e. The summed E-state index contributed by atoms with van der Waals surface area (Å²) < 4.78 is 34.0. The predicted octanol–water partition coefficient (Wildman–Crippen LogP) is 6.77. The summed E-state index contributed by atoms with van der Waals surface area (Å²) in [6.45, 7) is 10.0. The third-order valence-electron chi connectivity index (χ3n) is 6.53. The van der Waals surface area contributed by atoms with Crippen LogP contribution in [0.1, 0.15) is 29.9 Å². The van der Waals surface area contributed by atoms with E-state index in [0.29, 0.717) is 17.1 Å². The van der Waals surface area contributed by atoms with Crippen LogP contribution in [0.25, 0.3) is 5.65 Å². The highest BCUT2D eigenvalue weighted by Crippen LogP contribution is 2.24. The van der Waals surface area contributed by atoms with Crippen LogP contribution in [0.3, 0.4) is 0 Å². The molecule has 14 heteroatoms. The monoisotopic (exact) mass is 685 g/mol. The van der Waals surface area contributed by atoms with Gasteiger partial charge >= 0.3 is 17.9 Å². The summed E-state index contributed by atoms with van der Waals surface area (Å²) in [5.74, 6) is -2.92. The lowest BCUT2D eigenvalue weighted by molar-refractivity contribution is -0.134. The zero-order valence-electron chi connectivity index (χ0n) is 27.0. The first-order chi connectivity index (χ1) is 23.9. The predicted molar refractivity (Wildman–Crippen MR) is 182 cm³/mol. The van der Waals surface area contributed by atoms with Crippen LogP contribution < -0.4 is 10.1 Å². The lowest BCUT2D eigenvalue weighted by Crippen LogP contribution is -2.29. The highest BCUT2D eigenvalue weighted by molar-refractivity contribution is 5.89. The van der Waals surface area contributed by atoms with Crippen molar-refractivity contribution in [3.63, 3.8) is 0 Å². The number of aromatic nitrogens is 2. The van der Waals surface area contributed by atoms with Crippen LogP contribution in [0.4, 0.5) is 8.78 Å². The average Bonchev–Trinajstić information content (AvgIpc) is 3.51. The minimum absolute atomic E-state index is 0.0348. The number of aliphatic imine (C=N–C) groups is 1. The van der Waals surface area contributed by atoms with E-state index in [1.807, 2.05) is 30.3 Å². The second kappa shape index (κ2) is 17.9. The number of ether oxygens (including phenoxy) is 1. The van der Waals surface area contributed by atoms with Gasteiger partial charge in [0, 0.05) is 42.5 Å². The number of carbonyl (C=O) groups is 3. The van der Waals surface area contributed by atoms with E-state index >= 15 is 0 Å². The molecule has 0 unspecified atom stereocenters. The fourth-order valence-electron chi connectivity index (χ4n) is 4.16. The number of imidazole rings is 1. The van der Waals surface area contributed by atoms with Gasteiger partial charge in [-0.2, -0.15) is 0 Å². The number of pyridine rings is 1. The van der Waals surface area contributed by atoms with Crippen molar-refractivity contribution in [2.45, 2.75) is 20.4 Å². The van der Waals surface area contributed by atoms with Crippen molar-refractivity contribution < 1.29 is 43.2 Å². The van der Waals surface area contributed by atoms with Gasteiger partial charge in [-0.3, -0.25) is 9.39 Å². The summed E-state index contributed by atoms with van der Waals surface area (Å²) in [5, 5.41) is 29.4. The molecule has 4 aromatic rings. The fourth-order valence-corrected chi connectivity index (χ4v) is 4.16. The van der Waals surface area contributed by atoms with Crippen molar-refractivity contribution in [1.82, 2.24) is 19.6 Å². The first kappa shape index (κ1) is 37.6. The van der Waals surface area contributed by atoms with Crippen molar-refractivity contribution in [3.8, 4) is 11.5 Å². The zero-order valence-corrected chi connectivity index (χ0v) is 27.0. The number of carboxylic acid groups (broad SMARTS) is 3. The van der Waals surface area contributed by atoms with Crippen molar-refractivity contribution in [2.75, 3.05) is 0 Å². The van der Waals surface area contributed by atoms with Gasteiger partial charge in [0.25, 0.3) is 0 Å². The Morgan fingerprint density at radius 2 is 1.72 bits per heavy atom. The highest BCUT2D eigenvalue weighted by Gasteiger charge is 2.24. The third kappa shape index (κ3) is 10.3. The van der Waals surface area contributed by atoms with Crippen LogP contribution in [0, 0.1) is 11.6 Å². The van der Waals surface area contributed by atoms with Crippen molar-refractivity contribution in [3.05, 3.63) is 156 Å². The number of aliphatic carboxylic acids is 2. The Bertz CT molecular complexity index is 2020. The number of halogens is 2. The van der Waals surface area contributed by atoms with Gasteiger partial charge in [0.05, 0.1) is 17.5 Å². The summed E-state index contributed by atoms with van der Waals surface area (Å²) >= 11 is 0. The van der Waals surface area contributed by atoms with Crippen LogP contribution >= 0.6 is 0 Å². The van der Waals surface area contributed by atoms with E-state index in [0.717, 1.165) is 23.9 Å². The Balaban J connectivity index is 0.000000225. The third-order valence-corrected chi connectivity index (χ3v) is 6.53. The number of rotatable bonds is 10. The molecule has 3 heterocycles. The molecule has 2 aromatic heterocycles. The lowest BCUT2D eigenvalue weighted by Gasteiger charge is -2.27. The van der Waals surface area contributed by atoms with Crippen LogP contribution in [-0.4, -0.2) is 54.2 Å². The van der Waals surface area contributed by atoms with E-state index in [2.05, 4.69) is 28.6 Å². The van der Waals surface area contributed by atoms with E-state index in [1.54, 1.807) is 49.7 Å². The zero-order chi connectivity index (χ0) is 36.8. The second-order valence-corrected chi connectivity index (χ2v) is 10.1. The van der Waals surface area contributed by atoms with Crippen LogP contribution in [0.15, 0.2) is 138 Å². The Labute approximate surface area is 285 Å². The number of para-hydroxylation sites is 1. The first-order valence-electron chi connectivity index (χ1n) is 14.6. The molecule has 5 rings (SSSR count). The van der Waals surface area contributed by atoms with Gasteiger partial charge < -0.3 is 30.3 Å². The molecule has 0 fully saturated rings. The van der Waals surface area contributed by atoms with Gasteiger partial charge in [-0.1, -0.05) is 30.9 Å². The minimum Gasteiger partial charge on any atom is -0.478 e. The van der Waals surface area contributed by atoms with Crippen molar-refractivity contribution in [2.24, 2.45) is 4.99 Å². The van der Waals surface area contributed by atoms with Crippen LogP contribution in [-0.2, 0) is 16.1 Å². The lowest BCUT2D eigenvalue weighted by atomic mass is 10.1. The molecule has 0 saturated carbocycles. The maximum Gasteiger partial charge on any atom is 0.355 e. The summed E-state index contributed by atoms with van der Waals surface area (Å²) in [6, 6.07) is 15.9. The van der Waals surface area contributed by atoms with Gasteiger partial charge in [-0.05, 0) is 69.1 Å². The SMILES string of the molecule is C=C1C=CC(NCc2cc(F)ccc2F)=C(C(=O)O)N1/C=C\C.C=N/C=C(\C)C(=O)O.O=C(O)c1cnc2cc(Oc3ccccc3)ccn12. The van der Waals surface area contributed by atoms with E-state index in [9.17, 15) is 28.3 Å². The molecular weight excluding hydrogens is 652 g/mol. The average molecular weight is 686 g/mol. The van der Waals surface area contributed by atoms with E-state index in [4.69, 9.17) is 14.9 Å². The quantitative estimate of drug-likeness (QED) is 0.103. The number of allylic oxidation sites excluding steroid dienone is 3. The summed E-state index contributed by atoms with van der Waals surface area (Å²) in [7, 11) is 0. The maximum absolute atomic E-state index is 13.6. The normalized spacial score (nSPS) is 12.5. The molecule has 0 radical (unpaired) electrons. The first-order valence-corrected chi connectivity index (χ1v) is 14.6. The maximum atomic E-state index is 13.6. The van der Waals surface area contributed by atoms with E-state index < -0.39 is 29.5 Å². The molecule has 1 aliphatic rings. The molecule has 50 heavy (non-hydrogen) atoms. The minimum atomic E-state index is -1.16. The molecule has 1 aliphatic heterocycles. The topological polar surface area (TPSA) is 166 Å². The molecule has 258 valence electrons. The Morgan fingerprint density at radius 3 is 2.32 bits per heavy atom. The molecule has 0 bridgehead atoms. The molecule has 0 saturated heterocycles. The molecule has 4 N–H and O–H groups in total. The number of nitrogens with one attached hydrogen (secondary N) is 1. The van der Waals surface area contributed by atoms with Gasteiger partial charge in [0.2, 0.25) is 0 Å². The van der Waals surface area contributed by atoms with Crippen LogP contribution in [0.5, 0.6) is 11.5 Å². The van der Waals surface area contributed by atoms with Crippen LogP contribution in [0.2, 0.25) is 0 Å². The van der Waals surface area contributed by atoms with E-state index in [1.165, 1.54) is 28.6 Å². The number of carboxylic acids is 3. The Morgan fingerprint density at radius 1 is 1.00 bits per heavy atom. The molecule has 0 amide bonds. The molecule has 2 aromatic carbocycles. The number of hydrogen-bond acceptors (Lipinski definition) is 8. The number of benzene rings is 2. The Hall–Kier alpha value is -6.83. The highest BCUT2D eigenvalue weighted by atomic mass is 19.1.